The molecule has 0 aliphatic carbocycles. The van der Waals surface area contributed by atoms with Crippen LogP contribution < -0.4 is 0 Å². The Kier molecular flexibility index (Phi) is 3.46. The number of thioether (sulfide) groups is 1. The molecule has 0 spiro atoms. The lowest BCUT2D eigenvalue weighted by molar-refractivity contribution is 0.0593. The monoisotopic (exact) mass is 318 g/mol. The molecular weight excluding hydrogens is 312 g/mol. The van der Waals surface area contributed by atoms with Crippen LogP contribution in [-0.2, 0) is 4.74 Å². The van der Waals surface area contributed by atoms with E-state index in [0.29, 0.717) is 10.1 Å². The number of aromatic nitrogens is 2. The van der Waals surface area contributed by atoms with Crippen LogP contribution in [0.5, 0.6) is 0 Å². The Morgan fingerprint density at radius 1 is 1.56 bits per heavy atom. The highest BCUT2D eigenvalue weighted by atomic mass is 79.9. The first-order valence-corrected chi connectivity index (χ1v) is 7.08. The molecule has 0 unspecified atom stereocenters. The van der Waals surface area contributed by atoms with Crippen molar-refractivity contribution >= 4 is 55.3 Å². The zero-order valence-electron chi connectivity index (χ0n) is 8.48. The third-order valence-electron chi connectivity index (χ3n) is 1.87. The Labute approximate surface area is 109 Å². The number of hydrogen-bond donors (Lipinski definition) is 0. The predicted octanol–water partition coefficient (Wildman–Crippen LogP) is 2.96. The molecule has 0 amide bonds. The number of carbonyl (C=O) groups excluding carboxylic acids is 1. The van der Waals surface area contributed by atoms with E-state index >= 15 is 0 Å². The fourth-order valence-corrected chi connectivity index (χ4v) is 3.24. The number of nitrogens with zero attached hydrogens (tertiary/aromatic N) is 2. The van der Waals surface area contributed by atoms with Crippen molar-refractivity contribution in [2.24, 2.45) is 0 Å². The van der Waals surface area contributed by atoms with Crippen molar-refractivity contribution in [3.8, 4) is 0 Å². The van der Waals surface area contributed by atoms with Gasteiger partial charge in [0, 0.05) is 0 Å². The summed E-state index contributed by atoms with van der Waals surface area (Å²) in [7, 11) is 1.33. The van der Waals surface area contributed by atoms with E-state index in [1.165, 1.54) is 7.11 Å². The Bertz CT molecular complexity index is 556. The van der Waals surface area contributed by atoms with Gasteiger partial charge in [-0.3, -0.25) is 0 Å². The van der Waals surface area contributed by atoms with Crippen LogP contribution in [-0.4, -0.2) is 29.3 Å². The smallest absolute Gasteiger partial charge is 0.357 e. The zero-order chi connectivity index (χ0) is 11.7. The quantitative estimate of drug-likeness (QED) is 0.629. The molecule has 0 radical (unpaired) electrons. The van der Waals surface area contributed by atoms with Crippen LogP contribution in [0.1, 0.15) is 10.5 Å². The van der Waals surface area contributed by atoms with Crippen molar-refractivity contribution in [1.82, 2.24) is 9.97 Å². The minimum Gasteiger partial charge on any atom is -0.464 e. The van der Waals surface area contributed by atoms with Crippen LogP contribution in [0, 0.1) is 0 Å². The number of fused-ring (bicyclic) bond motifs is 1. The average Bonchev–Trinajstić information content (AvgIpc) is 2.68. The lowest BCUT2D eigenvalue weighted by Crippen LogP contribution is -2.05. The molecular formula is C9H7BrN2O2S2. The molecule has 0 saturated carbocycles. The van der Waals surface area contributed by atoms with Crippen LogP contribution in [0.3, 0.4) is 0 Å². The molecule has 4 nitrogen and oxygen atoms in total. The number of esters is 1. The van der Waals surface area contributed by atoms with E-state index in [-0.39, 0.29) is 5.69 Å². The molecule has 0 aliphatic rings. The van der Waals surface area contributed by atoms with Crippen molar-refractivity contribution in [3.05, 3.63) is 16.2 Å². The van der Waals surface area contributed by atoms with Gasteiger partial charge in [-0.2, -0.15) is 0 Å². The summed E-state index contributed by atoms with van der Waals surface area (Å²) < 4.78 is 7.14. The van der Waals surface area contributed by atoms with E-state index in [2.05, 4.69) is 30.6 Å². The molecule has 0 bridgehead atoms. The van der Waals surface area contributed by atoms with E-state index < -0.39 is 5.97 Å². The SMILES string of the molecule is COC(=O)c1nc2nc(SC)sc2cc1Br. The van der Waals surface area contributed by atoms with E-state index in [0.717, 1.165) is 9.04 Å². The molecule has 0 saturated heterocycles. The molecule has 7 heteroatoms. The van der Waals surface area contributed by atoms with Crippen molar-refractivity contribution < 1.29 is 9.53 Å². The molecule has 2 aromatic rings. The van der Waals surface area contributed by atoms with E-state index in [1.54, 1.807) is 23.1 Å². The van der Waals surface area contributed by atoms with E-state index in [4.69, 9.17) is 0 Å². The van der Waals surface area contributed by atoms with Crippen LogP contribution in [0.4, 0.5) is 0 Å². The second kappa shape index (κ2) is 4.68. The van der Waals surface area contributed by atoms with E-state index in [1.807, 2.05) is 12.3 Å². The first-order chi connectivity index (χ1) is 7.65. The highest BCUT2D eigenvalue weighted by Crippen LogP contribution is 2.30. The lowest BCUT2D eigenvalue weighted by atomic mass is 10.3. The minimum absolute atomic E-state index is 0.257. The maximum atomic E-state index is 11.4. The second-order valence-corrected chi connectivity index (χ2v) is 5.75. The topological polar surface area (TPSA) is 52.1 Å². The minimum atomic E-state index is -0.465. The molecule has 16 heavy (non-hydrogen) atoms. The summed E-state index contributed by atoms with van der Waals surface area (Å²) in [4.78, 5) is 19.9. The van der Waals surface area contributed by atoms with Crippen LogP contribution in [0.2, 0.25) is 0 Å². The summed E-state index contributed by atoms with van der Waals surface area (Å²) in [6.45, 7) is 0. The number of rotatable bonds is 2. The number of ether oxygens (including phenoxy) is 1. The summed E-state index contributed by atoms with van der Waals surface area (Å²) in [6, 6.07) is 1.84. The lowest BCUT2D eigenvalue weighted by Gasteiger charge is -2.00. The molecule has 0 N–H and O–H groups in total. The van der Waals surface area contributed by atoms with Gasteiger partial charge >= 0.3 is 5.97 Å². The summed E-state index contributed by atoms with van der Waals surface area (Å²) in [5.74, 6) is -0.465. The first-order valence-electron chi connectivity index (χ1n) is 4.25. The van der Waals surface area contributed by atoms with Crippen molar-refractivity contribution in [3.63, 3.8) is 0 Å². The molecule has 84 valence electrons. The number of carbonyl (C=O) groups is 1. The van der Waals surface area contributed by atoms with Gasteiger partial charge in [-0.05, 0) is 28.3 Å². The van der Waals surface area contributed by atoms with Crippen molar-refractivity contribution in [2.75, 3.05) is 13.4 Å². The molecule has 0 atom stereocenters. The maximum Gasteiger partial charge on any atom is 0.357 e. The average molecular weight is 319 g/mol. The Morgan fingerprint density at radius 2 is 2.31 bits per heavy atom. The van der Waals surface area contributed by atoms with Gasteiger partial charge in [0.25, 0.3) is 0 Å². The van der Waals surface area contributed by atoms with Gasteiger partial charge in [0.2, 0.25) is 0 Å². The van der Waals surface area contributed by atoms with Crippen LogP contribution in [0.25, 0.3) is 10.3 Å². The largest absolute Gasteiger partial charge is 0.464 e. The fraction of sp³-hybridized carbons (Fsp3) is 0.222. The standard InChI is InChI=1S/C9H7BrN2O2S2/c1-14-8(13)6-4(10)3-5-7(11-6)12-9(15-2)16-5/h3H,1-2H3. The van der Waals surface area contributed by atoms with Crippen molar-refractivity contribution in [2.45, 2.75) is 4.34 Å². The van der Waals surface area contributed by atoms with E-state index in [9.17, 15) is 4.79 Å². The van der Waals surface area contributed by atoms with Gasteiger partial charge < -0.3 is 4.74 Å². The van der Waals surface area contributed by atoms with Gasteiger partial charge in [-0.15, -0.1) is 11.3 Å². The first kappa shape index (κ1) is 11.8. The molecule has 2 aromatic heterocycles. The summed E-state index contributed by atoms with van der Waals surface area (Å²) in [5.41, 5.74) is 0.839. The van der Waals surface area contributed by atoms with Crippen LogP contribution >= 0.6 is 39.0 Å². The van der Waals surface area contributed by atoms with Crippen molar-refractivity contribution in [1.29, 1.82) is 0 Å². The second-order valence-electron chi connectivity index (χ2n) is 2.82. The summed E-state index contributed by atoms with van der Waals surface area (Å²) >= 11 is 6.40. The Balaban J connectivity index is 2.60. The molecule has 0 fully saturated rings. The van der Waals surface area contributed by atoms with Crippen LogP contribution in [0.15, 0.2) is 14.9 Å². The van der Waals surface area contributed by atoms with Gasteiger partial charge in [-0.25, -0.2) is 14.8 Å². The molecule has 0 aliphatic heterocycles. The van der Waals surface area contributed by atoms with Gasteiger partial charge in [0.1, 0.15) is 0 Å². The number of thiazole rings is 1. The Hall–Kier alpha value is -0.660. The van der Waals surface area contributed by atoms with Gasteiger partial charge in [-0.1, -0.05) is 11.8 Å². The highest BCUT2D eigenvalue weighted by molar-refractivity contribution is 9.10. The molecule has 2 heterocycles. The van der Waals surface area contributed by atoms with Gasteiger partial charge in [0.05, 0.1) is 16.3 Å². The Morgan fingerprint density at radius 3 is 2.94 bits per heavy atom. The highest BCUT2D eigenvalue weighted by Gasteiger charge is 2.15. The van der Waals surface area contributed by atoms with Gasteiger partial charge in [0.15, 0.2) is 15.7 Å². The number of halogens is 1. The number of pyridine rings is 1. The molecule has 0 aromatic carbocycles. The normalized spacial score (nSPS) is 10.7. The summed E-state index contributed by atoms with van der Waals surface area (Å²) in [6.07, 6.45) is 1.95. The summed E-state index contributed by atoms with van der Waals surface area (Å²) in [5, 5.41) is 0. The third-order valence-corrected chi connectivity index (χ3v) is 4.45. The molecule has 2 rings (SSSR count). The number of hydrogen-bond acceptors (Lipinski definition) is 6. The third kappa shape index (κ3) is 2.07. The fourth-order valence-electron chi connectivity index (χ4n) is 1.15. The zero-order valence-corrected chi connectivity index (χ0v) is 11.7. The predicted molar refractivity (Wildman–Crippen MR) is 68.2 cm³/mol. The maximum absolute atomic E-state index is 11.4. The number of methoxy groups -OCH3 is 1.